The van der Waals surface area contributed by atoms with Gasteiger partial charge in [-0.2, -0.15) is 0 Å². The van der Waals surface area contributed by atoms with Gasteiger partial charge in [-0.15, -0.1) is 0 Å². The van der Waals surface area contributed by atoms with Crippen LogP contribution in [0, 0.1) is 0 Å². The highest BCUT2D eigenvalue weighted by Gasteiger charge is 2.24. The summed E-state index contributed by atoms with van der Waals surface area (Å²) in [5, 5.41) is 17.7. The summed E-state index contributed by atoms with van der Waals surface area (Å²) in [4.78, 5) is 2.52. The van der Waals surface area contributed by atoms with Crippen molar-refractivity contribution in [3.63, 3.8) is 0 Å². The molecule has 12 aromatic rings. The lowest BCUT2D eigenvalue weighted by Gasteiger charge is -2.29. The van der Waals surface area contributed by atoms with Gasteiger partial charge in [-0.1, -0.05) is 152 Å². The molecule has 0 saturated carbocycles. The average molecular weight is 685 g/mol. The zero-order valence-electron chi connectivity index (χ0n) is 29.4. The third-order valence-corrected chi connectivity index (χ3v) is 11.7. The summed E-state index contributed by atoms with van der Waals surface area (Å²) in [5.74, 6) is 0. The van der Waals surface area contributed by atoms with Crippen LogP contribution in [0.15, 0.2) is 194 Å². The van der Waals surface area contributed by atoms with Gasteiger partial charge in [0.25, 0.3) is 0 Å². The Morgan fingerprint density at radius 2 is 0.852 bits per heavy atom. The van der Waals surface area contributed by atoms with E-state index in [1.165, 1.54) is 86.4 Å². The van der Waals surface area contributed by atoms with E-state index in [2.05, 4.69) is 204 Å². The molecular weight excluding hydrogens is 653 g/mol. The van der Waals surface area contributed by atoms with Crippen LogP contribution in [0.5, 0.6) is 0 Å². The van der Waals surface area contributed by atoms with Gasteiger partial charge in [0.2, 0.25) is 0 Å². The summed E-state index contributed by atoms with van der Waals surface area (Å²) in [7, 11) is 0. The van der Waals surface area contributed by atoms with E-state index in [0.717, 1.165) is 22.7 Å². The average Bonchev–Trinajstić information content (AvgIpc) is 3.59. The standard InChI is InChI=1S/C52H32N2/c1-2-14-36(15-3-1)54-47-22-9-8-20-43(47)44-21-11-23-49(52(44)54)53(48-31-27-35-25-24-33-12-10-13-34-26-29-45(48)51(35)50(33)34)37-28-30-42-40-18-5-4-16-38(40)39-17-6-7-19-41(39)46(42)32-37/h1-32H. The maximum atomic E-state index is 2.52. The Bertz CT molecular complexity index is 3400. The van der Waals surface area contributed by atoms with Gasteiger partial charge >= 0.3 is 0 Å². The molecule has 0 aliphatic carbocycles. The molecule has 1 heterocycles. The van der Waals surface area contributed by atoms with Crippen molar-refractivity contribution in [2.75, 3.05) is 4.90 Å². The number of para-hydroxylation sites is 3. The number of nitrogens with zero attached hydrogens (tertiary/aromatic N) is 2. The fraction of sp³-hybridized carbons (Fsp3) is 0. The van der Waals surface area contributed by atoms with Gasteiger partial charge in [0, 0.05) is 27.5 Å². The molecule has 250 valence electrons. The van der Waals surface area contributed by atoms with E-state index < -0.39 is 0 Å². The van der Waals surface area contributed by atoms with Gasteiger partial charge in [-0.25, -0.2) is 0 Å². The van der Waals surface area contributed by atoms with Crippen LogP contribution in [0.3, 0.4) is 0 Å². The van der Waals surface area contributed by atoms with Crippen molar-refractivity contribution < 1.29 is 0 Å². The number of rotatable bonds is 4. The molecule has 0 radical (unpaired) electrons. The van der Waals surface area contributed by atoms with Crippen molar-refractivity contribution in [1.82, 2.24) is 4.57 Å². The lowest BCUT2D eigenvalue weighted by Crippen LogP contribution is -2.12. The van der Waals surface area contributed by atoms with Gasteiger partial charge in [-0.05, 0) is 102 Å². The molecule has 54 heavy (non-hydrogen) atoms. The minimum absolute atomic E-state index is 1.12. The van der Waals surface area contributed by atoms with Gasteiger partial charge in [0.05, 0.1) is 22.4 Å². The molecule has 0 amide bonds. The lowest BCUT2D eigenvalue weighted by molar-refractivity contribution is 1.17. The first-order chi connectivity index (χ1) is 26.8. The Morgan fingerprint density at radius 3 is 1.59 bits per heavy atom. The van der Waals surface area contributed by atoms with Crippen molar-refractivity contribution >= 4 is 104 Å². The SMILES string of the molecule is c1ccc(-n2c3ccccc3c3cccc(N(c4ccc5c6ccccc6c6ccccc6c5c4)c4ccc5ccc6cccc7ccc4c5c67)c32)cc1. The number of hydrogen-bond donors (Lipinski definition) is 0. The molecule has 0 atom stereocenters. The first-order valence-electron chi connectivity index (χ1n) is 18.7. The fourth-order valence-corrected chi connectivity index (χ4v) is 9.38. The van der Waals surface area contributed by atoms with Crippen LogP contribution >= 0.6 is 0 Å². The van der Waals surface area contributed by atoms with Crippen molar-refractivity contribution in [1.29, 1.82) is 0 Å². The second-order valence-electron chi connectivity index (χ2n) is 14.5. The van der Waals surface area contributed by atoms with Gasteiger partial charge in [-0.3, -0.25) is 0 Å². The second kappa shape index (κ2) is 11.2. The molecule has 0 aliphatic rings. The first-order valence-corrected chi connectivity index (χ1v) is 18.7. The summed E-state index contributed by atoms with van der Waals surface area (Å²) >= 11 is 0. The Morgan fingerprint density at radius 1 is 0.315 bits per heavy atom. The van der Waals surface area contributed by atoms with E-state index >= 15 is 0 Å². The normalized spacial score (nSPS) is 12.1. The monoisotopic (exact) mass is 684 g/mol. The number of anilines is 3. The highest BCUT2D eigenvalue weighted by molar-refractivity contribution is 6.28. The lowest BCUT2D eigenvalue weighted by atomic mass is 9.92. The maximum absolute atomic E-state index is 2.52. The molecule has 1 aromatic heterocycles. The van der Waals surface area contributed by atoms with Crippen LogP contribution in [-0.4, -0.2) is 4.57 Å². The van der Waals surface area contributed by atoms with Gasteiger partial charge in [0.1, 0.15) is 0 Å². The topological polar surface area (TPSA) is 8.17 Å². The van der Waals surface area contributed by atoms with Gasteiger partial charge in [0.15, 0.2) is 0 Å². The molecule has 0 aliphatic heterocycles. The van der Waals surface area contributed by atoms with Crippen molar-refractivity contribution in [2.24, 2.45) is 0 Å². The maximum Gasteiger partial charge on any atom is 0.0782 e. The Balaban J connectivity index is 1.25. The molecule has 11 aromatic carbocycles. The predicted molar refractivity (Wildman–Crippen MR) is 232 cm³/mol. The summed E-state index contributed by atoms with van der Waals surface area (Å²) in [6.45, 7) is 0. The summed E-state index contributed by atoms with van der Waals surface area (Å²) in [5.41, 5.74) is 6.92. The molecule has 12 rings (SSSR count). The van der Waals surface area contributed by atoms with Gasteiger partial charge < -0.3 is 9.47 Å². The summed E-state index contributed by atoms with van der Waals surface area (Å²) < 4.78 is 2.45. The fourth-order valence-electron chi connectivity index (χ4n) is 9.38. The quantitative estimate of drug-likeness (QED) is 0.168. The molecule has 0 bridgehead atoms. The first kappa shape index (κ1) is 29.4. The Hall–Kier alpha value is -7.16. The Labute approximate surface area is 311 Å². The molecule has 2 nitrogen and oxygen atoms in total. The smallest absolute Gasteiger partial charge is 0.0782 e. The van der Waals surface area contributed by atoms with Crippen LogP contribution in [0.4, 0.5) is 17.1 Å². The second-order valence-corrected chi connectivity index (χ2v) is 14.5. The molecule has 0 fully saturated rings. The van der Waals surface area contributed by atoms with E-state index in [-0.39, 0.29) is 0 Å². The summed E-state index contributed by atoms with van der Waals surface area (Å²) in [6.07, 6.45) is 0. The molecule has 0 saturated heterocycles. The third-order valence-electron chi connectivity index (χ3n) is 11.7. The number of hydrogen-bond acceptors (Lipinski definition) is 1. The zero-order valence-corrected chi connectivity index (χ0v) is 29.4. The van der Waals surface area contributed by atoms with E-state index in [1.807, 2.05) is 0 Å². The minimum atomic E-state index is 1.12. The van der Waals surface area contributed by atoms with Crippen molar-refractivity contribution in [3.05, 3.63) is 194 Å². The van der Waals surface area contributed by atoms with E-state index in [1.54, 1.807) is 0 Å². The van der Waals surface area contributed by atoms with E-state index in [9.17, 15) is 0 Å². The number of fused-ring (bicyclic) bond motifs is 9. The summed E-state index contributed by atoms with van der Waals surface area (Å²) in [6, 6.07) is 71.7. The number of aromatic nitrogens is 1. The van der Waals surface area contributed by atoms with Crippen LogP contribution in [0.25, 0.3) is 92.1 Å². The zero-order chi connectivity index (χ0) is 35.3. The molecular formula is C52H32N2. The largest absolute Gasteiger partial charge is 0.308 e. The predicted octanol–water partition coefficient (Wildman–Crippen LogP) is 14.6. The van der Waals surface area contributed by atoms with Crippen LogP contribution < -0.4 is 4.90 Å². The molecule has 0 N–H and O–H groups in total. The highest BCUT2D eigenvalue weighted by atomic mass is 15.2. The highest BCUT2D eigenvalue weighted by Crippen LogP contribution is 2.48. The van der Waals surface area contributed by atoms with E-state index in [4.69, 9.17) is 0 Å². The molecule has 0 spiro atoms. The third kappa shape index (κ3) is 4.05. The van der Waals surface area contributed by atoms with E-state index in [0.29, 0.717) is 0 Å². The molecule has 2 heteroatoms. The number of benzene rings is 11. The van der Waals surface area contributed by atoms with Crippen LogP contribution in [0.1, 0.15) is 0 Å². The van der Waals surface area contributed by atoms with Crippen molar-refractivity contribution in [3.8, 4) is 5.69 Å². The van der Waals surface area contributed by atoms with Crippen LogP contribution in [0.2, 0.25) is 0 Å². The minimum Gasteiger partial charge on any atom is -0.308 e. The van der Waals surface area contributed by atoms with Crippen LogP contribution in [-0.2, 0) is 0 Å². The molecule has 0 unspecified atom stereocenters. The van der Waals surface area contributed by atoms with Crippen molar-refractivity contribution in [2.45, 2.75) is 0 Å². The Kier molecular flexibility index (Phi) is 6.09.